The van der Waals surface area contributed by atoms with Crippen LogP contribution >= 0.6 is 11.3 Å². The van der Waals surface area contributed by atoms with Gasteiger partial charge < -0.3 is 5.32 Å². The van der Waals surface area contributed by atoms with E-state index in [1.807, 2.05) is 19.2 Å². The SMILES string of the molecule is Cc1ncc(CNCc2ccccc2)s1. The van der Waals surface area contributed by atoms with E-state index in [0.717, 1.165) is 18.1 Å². The number of thiazole rings is 1. The van der Waals surface area contributed by atoms with Gasteiger partial charge >= 0.3 is 0 Å². The number of hydrogen-bond donors (Lipinski definition) is 1. The average molecular weight is 218 g/mol. The van der Waals surface area contributed by atoms with Crippen LogP contribution in [0.15, 0.2) is 36.5 Å². The molecule has 0 aliphatic heterocycles. The molecule has 0 amide bonds. The first-order chi connectivity index (χ1) is 7.34. The summed E-state index contributed by atoms with van der Waals surface area (Å²) in [7, 11) is 0. The number of aromatic nitrogens is 1. The Morgan fingerprint density at radius 2 is 2.00 bits per heavy atom. The van der Waals surface area contributed by atoms with Crippen LogP contribution in [0.25, 0.3) is 0 Å². The summed E-state index contributed by atoms with van der Waals surface area (Å²) in [6.07, 6.45) is 1.94. The maximum Gasteiger partial charge on any atom is 0.0897 e. The lowest BCUT2D eigenvalue weighted by atomic mass is 10.2. The van der Waals surface area contributed by atoms with Crippen LogP contribution in [0.2, 0.25) is 0 Å². The van der Waals surface area contributed by atoms with Crippen molar-refractivity contribution in [1.82, 2.24) is 10.3 Å². The third-order valence-corrected chi connectivity index (χ3v) is 3.05. The Bertz CT molecular complexity index is 409. The second-order valence-corrected chi connectivity index (χ2v) is 4.75. The van der Waals surface area contributed by atoms with Gasteiger partial charge in [-0.15, -0.1) is 11.3 Å². The topological polar surface area (TPSA) is 24.9 Å². The molecule has 0 saturated heterocycles. The summed E-state index contributed by atoms with van der Waals surface area (Å²) in [5.41, 5.74) is 1.32. The van der Waals surface area contributed by atoms with Gasteiger partial charge in [0, 0.05) is 24.2 Å². The van der Waals surface area contributed by atoms with E-state index in [2.05, 4.69) is 34.6 Å². The van der Waals surface area contributed by atoms with Crippen LogP contribution in [-0.4, -0.2) is 4.98 Å². The smallest absolute Gasteiger partial charge is 0.0897 e. The van der Waals surface area contributed by atoms with Gasteiger partial charge in [-0.2, -0.15) is 0 Å². The fraction of sp³-hybridized carbons (Fsp3) is 0.250. The lowest BCUT2D eigenvalue weighted by molar-refractivity contribution is 0.700. The standard InChI is InChI=1S/C12H14N2S/c1-10-14-9-12(15-10)8-13-7-11-5-3-2-4-6-11/h2-6,9,13H,7-8H2,1H3. The van der Waals surface area contributed by atoms with Crippen LogP contribution < -0.4 is 5.32 Å². The number of nitrogens with one attached hydrogen (secondary N) is 1. The largest absolute Gasteiger partial charge is 0.308 e. The molecule has 1 aromatic heterocycles. The summed E-state index contributed by atoms with van der Waals surface area (Å²) in [6, 6.07) is 10.4. The molecule has 1 N–H and O–H groups in total. The van der Waals surface area contributed by atoms with Crippen molar-refractivity contribution in [1.29, 1.82) is 0 Å². The van der Waals surface area contributed by atoms with Gasteiger partial charge in [0.25, 0.3) is 0 Å². The molecule has 0 atom stereocenters. The van der Waals surface area contributed by atoms with Crippen LogP contribution in [0, 0.1) is 6.92 Å². The molecule has 1 aromatic carbocycles. The van der Waals surface area contributed by atoms with Gasteiger partial charge in [0.15, 0.2) is 0 Å². The quantitative estimate of drug-likeness (QED) is 0.853. The zero-order chi connectivity index (χ0) is 10.5. The van der Waals surface area contributed by atoms with Gasteiger partial charge in [-0.3, -0.25) is 0 Å². The van der Waals surface area contributed by atoms with Gasteiger partial charge in [0.05, 0.1) is 5.01 Å². The van der Waals surface area contributed by atoms with Gasteiger partial charge in [0.2, 0.25) is 0 Å². The maximum atomic E-state index is 4.22. The van der Waals surface area contributed by atoms with Gasteiger partial charge in [0.1, 0.15) is 0 Å². The van der Waals surface area contributed by atoms with E-state index in [9.17, 15) is 0 Å². The van der Waals surface area contributed by atoms with Gasteiger partial charge in [-0.25, -0.2) is 4.98 Å². The Balaban J connectivity index is 1.80. The highest BCUT2D eigenvalue weighted by Gasteiger charge is 1.97. The number of hydrogen-bond acceptors (Lipinski definition) is 3. The van der Waals surface area contributed by atoms with E-state index in [4.69, 9.17) is 0 Å². The zero-order valence-electron chi connectivity index (χ0n) is 8.73. The molecule has 0 fully saturated rings. The molecule has 0 radical (unpaired) electrons. The van der Waals surface area contributed by atoms with E-state index in [0.29, 0.717) is 0 Å². The predicted octanol–water partition coefficient (Wildman–Crippen LogP) is 2.74. The number of nitrogens with zero attached hydrogens (tertiary/aromatic N) is 1. The minimum Gasteiger partial charge on any atom is -0.308 e. The summed E-state index contributed by atoms with van der Waals surface area (Å²) in [6.45, 7) is 3.85. The molecule has 3 heteroatoms. The molecule has 78 valence electrons. The number of benzene rings is 1. The molecule has 0 aliphatic carbocycles. The number of aryl methyl sites for hydroxylation is 1. The summed E-state index contributed by atoms with van der Waals surface area (Å²) in [5, 5.41) is 4.53. The molecular formula is C12H14N2S. The Hall–Kier alpha value is -1.19. The molecule has 15 heavy (non-hydrogen) atoms. The summed E-state index contributed by atoms with van der Waals surface area (Å²) in [5.74, 6) is 0. The average Bonchev–Trinajstić information content (AvgIpc) is 2.66. The molecule has 0 bridgehead atoms. The van der Waals surface area contributed by atoms with Crippen LogP contribution in [0.4, 0.5) is 0 Å². The van der Waals surface area contributed by atoms with Gasteiger partial charge in [-0.1, -0.05) is 30.3 Å². The molecule has 1 heterocycles. The fourth-order valence-electron chi connectivity index (χ4n) is 1.41. The summed E-state index contributed by atoms with van der Waals surface area (Å²) < 4.78 is 0. The normalized spacial score (nSPS) is 10.5. The van der Waals surface area contributed by atoms with Crippen LogP contribution in [0.1, 0.15) is 15.4 Å². The summed E-state index contributed by atoms with van der Waals surface area (Å²) >= 11 is 1.75. The summed E-state index contributed by atoms with van der Waals surface area (Å²) in [4.78, 5) is 5.52. The lowest BCUT2D eigenvalue weighted by Crippen LogP contribution is -2.11. The molecule has 0 spiro atoms. The van der Waals surface area contributed by atoms with Crippen molar-refractivity contribution in [2.75, 3.05) is 0 Å². The van der Waals surface area contributed by atoms with E-state index < -0.39 is 0 Å². The molecule has 2 rings (SSSR count). The first kappa shape index (κ1) is 10.3. The zero-order valence-corrected chi connectivity index (χ0v) is 9.55. The molecular weight excluding hydrogens is 204 g/mol. The second kappa shape index (κ2) is 5.05. The van der Waals surface area contributed by atoms with E-state index in [1.54, 1.807) is 11.3 Å². The van der Waals surface area contributed by atoms with Crippen molar-refractivity contribution in [2.24, 2.45) is 0 Å². The van der Waals surface area contributed by atoms with Crippen molar-refractivity contribution in [3.8, 4) is 0 Å². The minimum atomic E-state index is 0.903. The minimum absolute atomic E-state index is 0.903. The molecule has 2 aromatic rings. The highest BCUT2D eigenvalue weighted by molar-refractivity contribution is 7.11. The van der Waals surface area contributed by atoms with Crippen molar-refractivity contribution in [2.45, 2.75) is 20.0 Å². The second-order valence-electron chi connectivity index (χ2n) is 3.43. The lowest BCUT2D eigenvalue weighted by Gasteiger charge is -2.02. The Labute approximate surface area is 94.0 Å². The van der Waals surface area contributed by atoms with Crippen molar-refractivity contribution in [3.63, 3.8) is 0 Å². The van der Waals surface area contributed by atoms with E-state index >= 15 is 0 Å². The van der Waals surface area contributed by atoms with Crippen molar-refractivity contribution < 1.29 is 0 Å². The Kier molecular flexibility index (Phi) is 3.48. The Morgan fingerprint density at radius 1 is 1.20 bits per heavy atom. The highest BCUT2D eigenvalue weighted by atomic mass is 32.1. The third-order valence-electron chi connectivity index (χ3n) is 2.14. The Morgan fingerprint density at radius 3 is 2.67 bits per heavy atom. The van der Waals surface area contributed by atoms with E-state index in [1.165, 1.54) is 10.4 Å². The predicted molar refractivity (Wildman–Crippen MR) is 63.8 cm³/mol. The van der Waals surface area contributed by atoms with Gasteiger partial charge in [-0.05, 0) is 12.5 Å². The van der Waals surface area contributed by atoms with Crippen LogP contribution in [0.5, 0.6) is 0 Å². The molecule has 2 nitrogen and oxygen atoms in total. The fourth-order valence-corrected chi connectivity index (χ4v) is 2.18. The van der Waals surface area contributed by atoms with Crippen molar-refractivity contribution >= 4 is 11.3 Å². The highest BCUT2D eigenvalue weighted by Crippen LogP contribution is 2.10. The maximum absolute atomic E-state index is 4.22. The third kappa shape index (κ3) is 3.15. The number of rotatable bonds is 4. The van der Waals surface area contributed by atoms with Crippen LogP contribution in [0.3, 0.4) is 0 Å². The molecule has 0 saturated carbocycles. The molecule has 0 aliphatic rings. The van der Waals surface area contributed by atoms with E-state index in [-0.39, 0.29) is 0 Å². The first-order valence-electron chi connectivity index (χ1n) is 5.00. The van der Waals surface area contributed by atoms with Crippen molar-refractivity contribution in [3.05, 3.63) is 52.0 Å². The monoisotopic (exact) mass is 218 g/mol. The van der Waals surface area contributed by atoms with Crippen LogP contribution in [-0.2, 0) is 13.1 Å². The molecule has 0 unspecified atom stereocenters. The first-order valence-corrected chi connectivity index (χ1v) is 5.82.